The highest BCUT2D eigenvalue weighted by molar-refractivity contribution is 7.15. The highest BCUT2D eigenvalue weighted by Gasteiger charge is 2.35. The summed E-state index contributed by atoms with van der Waals surface area (Å²) in [7, 11) is 4.13. The monoisotopic (exact) mass is 614 g/mol. The fraction of sp³-hybridized carbons (Fsp3) is 0.394. The Bertz CT molecular complexity index is 1900. The van der Waals surface area contributed by atoms with Gasteiger partial charge >= 0.3 is 6.09 Å². The maximum Gasteiger partial charge on any atom is 0.416 e. The smallest absolute Gasteiger partial charge is 0.416 e. The van der Waals surface area contributed by atoms with Crippen LogP contribution in [0.3, 0.4) is 0 Å². The molecule has 0 bridgehead atoms. The average molecular weight is 615 g/mol. The van der Waals surface area contributed by atoms with E-state index in [4.69, 9.17) is 19.4 Å². The lowest BCUT2D eigenvalue weighted by Crippen LogP contribution is -2.35. The number of hydrogen-bond acceptors (Lipinski definition) is 8. The molecule has 0 N–H and O–H groups in total. The van der Waals surface area contributed by atoms with Crippen molar-refractivity contribution in [2.45, 2.75) is 58.2 Å². The Morgan fingerprint density at radius 3 is 2.68 bits per heavy atom. The van der Waals surface area contributed by atoms with Gasteiger partial charge in [0.25, 0.3) is 0 Å². The second-order valence-corrected chi connectivity index (χ2v) is 13.8. The number of ether oxygens (including phenoxy) is 2. The molecule has 0 atom stereocenters. The van der Waals surface area contributed by atoms with E-state index in [1.54, 1.807) is 28.6 Å². The Labute approximate surface area is 259 Å². The Hall–Kier alpha value is -3.93. The summed E-state index contributed by atoms with van der Waals surface area (Å²) in [6.07, 6.45) is 6.79. The minimum absolute atomic E-state index is 0.291. The molecule has 1 fully saturated rings. The second-order valence-electron chi connectivity index (χ2n) is 12.7. The zero-order valence-corrected chi connectivity index (χ0v) is 26.4. The zero-order valence-electron chi connectivity index (χ0n) is 25.6. The molecule has 0 spiro atoms. The third kappa shape index (κ3) is 5.12. The van der Waals surface area contributed by atoms with Crippen molar-refractivity contribution in [1.82, 2.24) is 24.3 Å². The molecule has 0 unspecified atom stereocenters. The van der Waals surface area contributed by atoms with Crippen LogP contribution in [0.2, 0.25) is 0 Å². The normalized spacial score (nSPS) is 15.7. The van der Waals surface area contributed by atoms with Gasteiger partial charge in [-0.05, 0) is 70.6 Å². The standard InChI is InChI=1S/C33H35FN6O3S/c1-33(2,3)43-32(41)40-17-24-21(26-16-35-27-14-20(34)8-11-39(26)27)6-7-22-23(15-36-30(40)28(22)24)31-37-25(18-38(4)5)29(44-31)19-9-12-42-13-10-19/h6-8,11,14-16,19H,9-10,12-13,17-18H2,1-5H3. The van der Waals surface area contributed by atoms with E-state index in [0.29, 0.717) is 23.9 Å². The van der Waals surface area contributed by atoms with Gasteiger partial charge in [0.2, 0.25) is 0 Å². The number of aromatic nitrogens is 4. The largest absolute Gasteiger partial charge is 0.443 e. The molecule has 0 radical (unpaired) electrons. The number of hydrogen-bond donors (Lipinski definition) is 0. The molecule has 9 nitrogen and oxygen atoms in total. The molecule has 1 amide bonds. The molecular weight excluding hydrogens is 579 g/mol. The van der Waals surface area contributed by atoms with Gasteiger partial charge in [0.15, 0.2) is 0 Å². The zero-order chi connectivity index (χ0) is 30.7. The van der Waals surface area contributed by atoms with E-state index in [1.165, 1.54) is 17.0 Å². The van der Waals surface area contributed by atoms with Crippen LogP contribution in [0.25, 0.3) is 38.2 Å². The van der Waals surface area contributed by atoms with E-state index in [0.717, 1.165) is 76.5 Å². The first-order valence-electron chi connectivity index (χ1n) is 14.9. The fourth-order valence-electron chi connectivity index (χ4n) is 6.19. The molecule has 228 valence electrons. The van der Waals surface area contributed by atoms with Gasteiger partial charge in [0, 0.05) is 59.6 Å². The van der Waals surface area contributed by atoms with Crippen molar-refractivity contribution in [3.63, 3.8) is 0 Å². The van der Waals surface area contributed by atoms with E-state index in [9.17, 15) is 9.18 Å². The van der Waals surface area contributed by atoms with E-state index >= 15 is 0 Å². The predicted octanol–water partition coefficient (Wildman–Crippen LogP) is 7.02. The van der Waals surface area contributed by atoms with Crippen LogP contribution in [0.1, 0.15) is 55.7 Å². The van der Waals surface area contributed by atoms with Crippen molar-refractivity contribution >= 4 is 39.7 Å². The molecule has 2 aliphatic heterocycles. The van der Waals surface area contributed by atoms with Crippen LogP contribution in [0.15, 0.2) is 42.9 Å². The summed E-state index contributed by atoms with van der Waals surface area (Å²) in [5.74, 6) is 0.635. The van der Waals surface area contributed by atoms with E-state index in [-0.39, 0.29) is 5.82 Å². The minimum atomic E-state index is -0.663. The Morgan fingerprint density at radius 2 is 1.93 bits per heavy atom. The number of thiazole rings is 1. The van der Waals surface area contributed by atoms with Crippen LogP contribution in [-0.2, 0) is 22.6 Å². The lowest BCUT2D eigenvalue weighted by atomic mass is 9.97. The van der Waals surface area contributed by atoms with Crippen LogP contribution in [0, 0.1) is 5.82 Å². The van der Waals surface area contributed by atoms with Crippen molar-refractivity contribution < 1.29 is 18.7 Å². The Kier molecular flexibility index (Phi) is 7.14. The Morgan fingerprint density at radius 1 is 1.14 bits per heavy atom. The lowest BCUT2D eigenvalue weighted by Gasteiger charge is -2.24. The molecule has 1 aromatic carbocycles. The number of carbonyl (C=O) groups is 1. The number of amides is 1. The first kappa shape index (κ1) is 28.8. The van der Waals surface area contributed by atoms with Gasteiger partial charge < -0.3 is 14.4 Å². The van der Waals surface area contributed by atoms with Gasteiger partial charge in [-0.1, -0.05) is 12.1 Å². The number of rotatable bonds is 5. The fourth-order valence-corrected chi connectivity index (χ4v) is 7.46. The van der Waals surface area contributed by atoms with Gasteiger partial charge in [-0.15, -0.1) is 11.3 Å². The van der Waals surface area contributed by atoms with Crippen molar-refractivity contribution in [2.24, 2.45) is 0 Å². The number of nitrogens with zero attached hydrogens (tertiary/aromatic N) is 6. The van der Waals surface area contributed by atoms with E-state index in [2.05, 4.69) is 36.1 Å². The highest BCUT2D eigenvalue weighted by Crippen LogP contribution is 2.46. The predicted molar refractivity (Wildman–Crippen MR) is 170 cm³/mol. The third-order valence-electron chi connectivity index (χ3n) is 8.10. The molecule has 5 aromatic rings. The average Bonchev–Trinajstić information content (AvgIpc) is 3.69. The summed E-state index contributed by atoms with van der Waals surface area (Å²) in [5, 5.41) is 2.78. The number of benzene rings is 1. The molecular formula is C33H35FN6O3S. The van der Waals surface area contributed by atoms with Gasteiger partial charge in [-0.2, -0.15) is 0 Å². The first-order valence-corrected chi connectivity index (χ1v) is 15.7. The Balaban J connectivity index is 1.40. The molecule has 0 saturated carbocycles. The second kappa shape index (κ2) is 10.9. The maximum absolute atomic E-state index is 14.0. The quantitative estimate of drug-likeness (QED) is 0.210. The SMILES string of the molecule is CN(C)Cc1nc(-c2cnc3c4c(c(-c5cnc6cc(F)ccn56)ccc24)CN3C(=O)OC(C)(C)C)sc1C1CCOCC1. The van der Waals surface area contributed by atoms with Gasteiger partial charge in [-0.3, -0.25) is 9.30 Å². The van der Waals surface area contributed by atoms with Crippen LogP contribution in [0.5, 0.6) is 0 Å². The maximum atomic E-state index is 14.0. The summed E-state index contributed by atoms with van der Waals surface area (Å²) in [6.45, 7) is 8.14. The van der Waals surface area contributed by atoms with Crippen molar-refractivity contribution in [3.8, 4) is 21.8 Å². The van der Waals surface area contributed by atoms with Gasteiger partial charge in [-0.25, -0.2) is 24.1 Å². The van der Waals surface area contributed by atoms with Gasteiger partial charge in [0.05, 0.1) is 24.1 Å². The summed E-state index contributed by atoms with van der Waals surface area (Å²) in [4.78, 5) is 33.1. The molecule has 4 aromatic heterocycles. The molecule has 1 saturated heterocycles. The summed E-state index contributed by atoms with van der Waals surface area (Å²) in [6, 6.07) is 6.97. The molecule has 44 heavy (non-hydrogen) atoms. The lowest BCUT2D eigenvalue weighted by molar-refractivity contribution is 0.0578. The number of fused-ring (bicyclic) bond motifs is 1. The molecule has 11 heteroatoms. The van der Waals surface area contributed by atoms with Gasteiger partial charge in [0.1, 0.15) is 27.9 Å². The summed E-state index contributed by atoms with van der Waals surface area (Å²) < 4.78 is 27.3. The highest BCUT2D eigenvalue weighted by atomic mass is 32.1. The van der Waals surface area contributed by atoms with Crippen molar-refractivity contribution in [1.29, 1.82) is 0 Å². The van der Waals surface area contributed by atoms with Crippen LogP contribution >= 0.6 is 11.3 Å². The number of pyridine rings is 2. The minimum Gasteiger partial charge on any atom is -0.443 e. The first-order chi connectivity index (χ1) is 21.1. The van der Waals surface area contributed by atoms with Crippen molar-refractivity contribution in [3.05, 3.63) is 64.8 Å². The molecule has 0 aliphatic carbocycles. The number of halogens is 1. The third-order valence-corrected chi connectivity index (χ3v) is 9.39. The number of imidazole rings is 1. The van der Waals surface area contributed by atoms with Crippen molar-refractivity contribution in [2.75, 3.05) is 32.2 Å². The van der Waals surface area contributed by atoms with Crippen LogP contribution in [-0.4, -0.2) is 63.3 Å². The van der Waals surface area contributed by atoms with E-state index < -0.39 is 11.7 Å². The molecule has 6 heterocycles. The summed E-state index contributed by atoms with van der Waals surface area (Å²) >= 11 is 1.74. The molecule has 7 rings (SSSR count). The molecule has 2 aliphatic rings. The van der Waals surface area contributed by atoms with E-state index in [1.807, 2.05) is 31.4 Å². The van der Waals surface area contributed by atoms with Crippen LogP contribution in [0.4, 0.5) is 15.0 Å². The summed E-state index contributed by atoms with van der Waals surface area (Å²) in [5.41, 5.74) is 4.54. The number of anilines is 1. The topological polar surface area (TPSA) is 85.1 Å². The number of carbonyl (C=O) groups excluding carboxylic acids is 1. The van der Waals surface area contributed by atoms with Crippen LogP contribution < -0.4 is 4.90 Å².